The van der Waals surface area contributed by atoms with E-state index < -0.39 is 28.7 Å². The predicted octanol–water partition coefficient (Wildman–Crippen LogP) is 0.306. The molecule has 6 nitrogen and oxygen atoms in total. The van der Waals surface area contributed by atoms with Gasteiger partial charge in [-0.3, -0.25) is 9.00 Å². The first-order chi connectivity index (χ1) is 8.40. The Morgan fingerprint density at radius 3 is 2.33 bits per heavy atom. The van der Waals surface area contributed by atoms with Crippen molar-refractivity contribution in [2.24, 2.45) is 5.92 Å². The number of rotatable bonds is 4. The number of nitrogens with one attached hydrogen (secondary N) is 2. The molecule has 0 saturated carbocycles. The van der Waals surface area contributed by atoms with Crippen LogP contribution in [0.4, 0.5) is 4.79 Å². The van der Waals surface area contributed by atoms with Gasteiger partial charge in [0.2, 0.25) is 0 Å². The van der Waals surface area contributed by atoms with Gasteiger partial charge in [0.1, 0.15) is 0 Å². The van der Waals surface area contributed by atoms with Gasteiger partial charge in [-0.05, 0) is 26.7 Å². The number of urea groups is 1. The molecule has 0 aliphatic carbocycles. The lowest BCUT2D eigenvalue weighted by molar-refractivity contribution is -0.141. The van der Waals surface area contributed by atoms with Gasteiger partial charge in [-0.2, -0.15) is 0 Å². The summed E-state index contributed by atoms with van der Waals surface area (Å²) in [5.74, 6) is -0.330. The summed E-state index contributed by atoms with van der Waals surface area (Å²) in [7, 11) is -0.749. The maximum atomic E-state index is 11.6. The zero-order valence-electron chi connectivity index (χ0n) is 10.6. The van der Waals surface area contributed by atoms with Gasteiger partial charge in [0.25, 0.3) is 0 Å². The molecule has 0 spiro atoms. The summed E-state index contributed by atoms with van der Waals surface area (Å²) in [6.45, 7) is 3.21. The fraction of sp³-hybridized carbons (Fsp3) is 0.818. The van der Waals surface area contributed by atoms with Crippen LogP contribution in [0.25, 0.3) is 0 Å². The molecule has 0 aromatic carbocycles. The quantitative estimate of drug-likeness (QED) is 0.688. The smallest absolute Gasteiger partial charge is 0.315 e. The molecule has 0 aromatic rings. The Morgan fingerprint density at radius 2 is 1.83 bits per heavy atom. The molecule has 1 rings (SSSR count). The Balaban J connectivity index is 2.33. The number of carbonyl (C=O) groups is 2. The average Bonchev–Trinajstić information content (AvgIpc) is 2.30. The van der Waals surface area contributed by atoms with Crippen LogP contribution in [0.5, 0.6) is 0 Å². The normalized spacial score (nSPS) is 27.0. The van der Waals surface area contributed by atoms with Crippen LogP contribution >= 0.6 is 0 Å². The van der Waals surface area contributed by atoms with Crippen molar-refractivity contribution in [1.29, 1.82) is 0 Å². The third-order valence-corrected chi connectivity index (χ3v) is 4.60. The fourth-order valence-corrected chi connectivity index (χ4v) is 3.01. The SMILES string of the molecule is CC(NC(=O)NC1CCS(=O)CC1)C(C)C(=O)O. The lowest BCUT2D eigenvalue weighted by Gasteiger charge is -2.24. The van der Waals surface area contributed by atoms with Crippen LogP contribution in [0.1, 0.15) is 26.7 Å². The summed E-state index contributed by atoms with van der Waals surface area (Å²) >= 11 is 0. The maximum absolute atomic E-state index is 11.6. The molecular weight excluding hydrogens is 256 g/mol. The molecule has 1 aliphatic rings. The standard InChI is InChI=1S/C11H20N2O4S/c1-7(10(14)15)8(2)12-11(16)13-9-3-5-18(17)6-4-9/h7-9H,3-6H2,1-2H3,(H,14,15)(H2,12,13,16). The number of carboxylic acids is 1. The highest BCUT2D eigenvalue weighted by Crippen LogP contribution is 2.09. The highest BCUT2D eigenvalue weighted by Gasteiger charge is 2.23. The minimum atomic E-state index is -0.934. The molecule has 2 unspecified atom stereocenters. The van der Waals surface area contributed by atoms with Crippen LogP contribution in [0, 0.1) is 5.92 Å². The summed E-state index contributed by atoms with van der Waals surface area (Å²) in [4.78, 5) is 22.4. The van der Waals surface area contributed by atoms with Crippen LogP contribution in [0.3, 0.4) is 0 Å². The molecule has 104 valence electrons. The Kier molecular flexibility index (Phi) is 5.58. The van der Waals surface area contributed by atoms with Gasteiger partial charge in [0, 0.05) is 34.4 Å². The summed E-state index contributed by atoms with van der Waals surface area (Å²) in [6.07, 6.45) is 1.42. The molecule has 2 amide bonds. The maximum Gasteiger partial charge on any atom is 0.315 e. The third kappa shape index (κ3) is 4.64. The van der Waals surface area contributed by atoms with Crippen molar-refractivity contribution in [2.45, 2.75) is 38.8 Å². The monoisotopic (exact) mass is 276 g/mol. The zero-order valence-corrected chi connectivity index (χ0v) is 11.5. The lowest BCUT2D eigenvalue weighted by Crippen LogP contribution is -2.49. The van der Waals surface area contributed by atoms with Gasteiger partial charge >= 0.3 is 12.0 Å². The number of aliphatic carboxylic acids is 1. The molecule has 1 fully saturated rings. The van der Waals surface area contributed by atoms with E-state index >= 15 is 0 Å². The van der Waals surface area contributed by atoms with E-state index in [0.717, 1.165) is 0 Å². The van der Waals surface area contributed by atoms with Gasteiger partial charge in [-0.15, -0.1) is 0 Å². The number of amides is 2. The second-order valence-electron chi connectivity index (χ2n) is 4.66. The first-order valence-electron chi connectivity index (χ1n) is 6.05. The number of hydrogen-bond acceptors (Lipinski definition) is 3. The molecule has 2 atom stereocenters. The molecule has 3 N–H and O–H groups in total. The van der Waals surface area contributed by atoms with E-state index in [0.29, 0.717) is 24.3 Å². The highest BCUT2D eigenvalue weighted by atomic mass is 32.2. The Morgan fingerprint density at radius 1 is 1.28 bits per heavy atom. The van der Waals surface area contributed by atoms with Crippen LogP contribution in [-0.4, -0.2) is 44.9 Å². The van der Waals surface area contributed by atoms with Crippen molar-refractivity contribution in [3.63, 3.8) is 0 Å². The van der Waals surface area contributed by atoms with E-state index in [9.17, 15) is 13.8 Å². The Labute approximate surface area is 109 Å². The molecule has 1 aliphatic heterocycles. The molecule has 0 radical (unpaired) electrons. The summed E-state index contributed by atoms with van der Waals surface area (Å²) < 4.78 is 11.2. The van der Waals surface area contributed by atoms with Gasteiger partial charge in [-0.1, -0.05) is 0 Å². The van der Waals surface area contributed by atoms with E-state index in [-0.39, 0.29) is 12.1 Å². The Hall–Kier alpha value is -1.11. The van der Waals surface area contributed by atoms with Crippen LogP contribution in [0.2, 0.25) is 0 Å². The number of hydrogen-bond donors (Lipinski definition) is 3. The van der Waals surface area contributed by atoms with Crippen molar-refractivity contribution in [1.82, 2.24) is 10.6 Å². The highest BCUT2D eigenvalue weighted by molar-refractivity contribution is 7.85. The molecule has 7 heteroatoms. The first-order valence-corrected chi connectivity index (χ1v) is 7.53. The fourth-order valence-electron chi connectivity index (χ4n) is 1.71. The number of carboxylic acid groups (broad SMARTS) is 1. The summed E-state index contributed by atoms with van der Waals surface area (Å²) in [6, 6.07) is -0.747. The zero-order chi connectivity index (χ0) is 13.7. The van der Waals surface area contributed by atoms with Crippen molar-refractivity contribution in [2.75, 3.05) is 11.5 Å². The molecule has 0 aromatic heterocycles. The molecular formula is C11H20N2O4S. The van der Waals surface area contributed by atoms with Crippen molar-refractivity contribution >= 4 is 22.8 Å². The van der Waals surface area contributed by atoms with Gasteiger partial charge in [0.15, 0.2) is 0 Å². The summed E-state index contributed by atoms with van der Waals surface area (Å²) in [5, 5.41) is 14.2. The van der Waals surface area contributed by atoms with Crippen molar-refractivity contribution in [3.8, 4) is 0 Å². The first kappa shape index (κ1) is 14.9. The van der Waals surface area contributed by atoms with Crippen molar-refractivity contribution in [3.05, 3.63) is 0 Å². The largest absolute Gasteiger partial charge is 0.481 e. The van der Waals surface area contributed by atoms with E-state index in [1.54, 1.807) is 13.8 Å². The molecule has 18 heavy (non-hydrogen) atoms. The lowest BCUT2D eigenvalue weighted by atomic mass is 10.0. The van der Waals surface area contributed by atoms with Crippen LogP contribution < -0.4 is 10.6 Å². The predicted molar refractivity (Wildman–Crippen MR) is 68.8 cm³/mol. The van der Waals surface area contributed by atoms with Gasteiger partial charge in [0.05, 0.1) is 5.92 Å². The second kappa shape index (κ2) is 6.72. The van der Waals surface area contributed by atoms with E-state index in [1.807, 2.05) is 0 Å². The molecule has 0 bridgehead atoms. The molecule has 1 heterocycles. The van der Waals surface area contributed by atoms with Crippen LogP contribution in [-0.2, 0) is 15.6 Å². The average molecular weight is 276 g/mol. The van der Waals surface area contributed by atoms with Crippen molar-refractivity contribution < 1.29 is 18.9 Å². The van der Waals surface area contributed by atoms with Gasteiger partial charge in [-0.25, -0.2) is 4.79 Å². The minimum Gasteiger partial charge on any atom is -0.481 e. The second-order valence-corrected chi connectivity index (χ2v) is 6.35. The van der Waals surface area contributed by atoms with Crippen LogP contribution in [0.15, 0.2) is 0 Å². The van der Waals surface area contributed by atoms with Gasteiger partial charge < -0.3 is 15.7 Å². The molecule has 1 saturated heterocycles. The summed E-state index contributed by atoms with van der Waals surface area (Å²) in [5.41, 5.74) is 0. The Bertz CT molecular complexity index is 338. The van der Waals surface area contributed by atoms with E-state index in [1.165, 1.54) is 0 Å². The van der Waals surface area contributed by atoms with E-state index in [2.05, 4.69) is 10.6 Å². The topological polar surface area (TPSA) is 95.5 Å². The number of carbonyl (C=O) groups excluding carboxylic acids is 1. The van der Waals surface area contributed by atoms with E-state index in [4.69, 9.17) is 5.11 Å². The third-order valence-electron chi connectivity index (χ3n) is 3.22. The minimum absolute atomic E-state index is 0.0371.